The Morgan fingerprint density at radius 1 is 1.56 bits per heavy atom. The normalized spacial score (nSPS) is 25.4. The molecule has 1 rings (SSSR count). The summed E-state index contributed by atoms with van der Waals surface area (Å²) in [6.45, 7) is 4.43. The number of carbonyl (C=O) groups is 2. The van der Waals surface area contributed by atoms with Gasteiger partial charge in [0.25, 0.3) is 0 Å². The highest BCUT2D eigenvalue weighted by Gasteiger charge is 2.32. The minimum Gasteiger partial charge on any atom is -0.450 e. The molecule has 3 unspecified atom stereocenters. The molecule has 0 aliphatic carbocycles. The van der Waals surface area contributed by atoms with Crippen LogP contribution in [0.4, 0.5) is 9.59 Å². The SMILES string of the molecule is CCOC(=O)NC1CC(C(C)O)CN(C(N)=O)C1. The van der Waals surface area contributed by atoms with Crippen LogP contribution in [-0.2, 0) is 4.74 Å². The highest BCUT2D eigenvalue weighted by Crippen LogP contribution is 2.20. The van der Waals surface area contributed by atoms with Gasteiger partial charge in [0.05, 0.1) is 18.8 Å². The van der Waals surface area contributed by atoms with E-state index in [2.05, 4.69) is 5.32 Å². The number of amides is 3. The number of primary amides is 1. The van der Waals surface area contributed by atoms with Gasteiger partial charge in [0.2, 0.25) is 0 Å². The second kappa shape index (κ2) is 6.44. The predicted octanol–water partition coefficient (Wildman–Crippen LogP) is -0.117. The highest BCUT2D eigenvalue weighted by atomic mass is 16.5. The topological polar surface area (TPSA) is 105 Å². The number of nitrogens with one attached hydrogen (secondary N) is 1. The van der Waals surface area contributed by atoms with Crippen molar-refractivity contribution in [3.8, 4) is 0 Å². The van der Waals surface area contributed by atoms with Crippen molar-refractivity contribution in [2.75, 3.05) is 19.7 Å². The number of aliphatic hydroxyl groups excluding tert-OH is 1. The minimum atomic E-state index is -0.557. The van der Waals surface area contributed by atoms with E-state index in [-0.39, 0.29) is 18.6 Å². The Balaban J connectivity index is 2.61. The average Bonchev–Trinajstić information content (AvgIpc) is 2.28. The maximum absolute atomic E-state index is 11.3. The minimum absolute atomic E-state index is 0.0989. The largest absolute Gasteiger partial charge is 0.450 e. The van der Waals surface area contributed by atoms with Crippen molar-refractivity contribution < 1.29 is 19.4 Å². The smallest absolute Gasteiger partial charge is 0.407 e. The molecule has 3 atom stereocenters. The first-order chi connectivity index (χ1) is 8.43. The van der Waals surface area contributed by atoms with Gasteiger partial charge in [-0.05, 0) is 20.3 Å². The fourth-order valence-corrected chi connectivity index (χ4v) is 2.11. The summed E-state index contributed by atoms with van der Waals surface area (Å²) in [4.78, 5) is 24.0. The Morgan fingerprint density at radius 3 is 2.72 bits per heavy atom. The molecule has 3 amide bonds. The molecule has 0 saturated carbocycles. The first-order valence-electron chi connectivity index (χ1n) is 6.09. The number of carbonyl (C=O) groups excluding carboxylic acids is 2. The fourth-order valence-electron chi connectivity index (χ4n) is 2.11. The molecule has 104 valence electrons. The number of hydrogen-bond donors (Lipinski definition) is 3. The Labute approximate surface area is 106 Å². The summed E-state index contributed by atoms with van der Waals surface area (Å²) in [5, 5.41) is 12.3. The van der Waals surface area contributed by atoms with Crippen molar-refractivity contribution in [3.05, 3.63) is 0 Å². The lowest BCUT2D eigenvalue weighted by molar-refractivity contribution is 0.0599. The van der Waals surface area contributed by atoms with E-state index >= 15 is 0 Å². The van der Waals surface area contributed by atoms with Gasteiger partial charge in [-0.3, -0.25) is 0 Å². The lowest BCUT2D eigenvalue weighted by Gasteiger charge is -2.38. The number of nitrogens with two attached hydrogens (primary N) is 1. The van der Waals surface area contributed by atoms with Gasteiger partial charge in [-0.15, -0.1) is 0 Å². The molecule has 0 aromatic carbocycles. The zero-order valence-electron chi connectivity index (χ0n) is 10.8. The second-order valence-electron chi connectivity index (χ2n) is 4.54. The predicted molar refractivity (Wildman–Crippen MR) is 64.9 cm³/mol. The third-order valence-corrected chi connectivity index (χ3v) is 3.07. The van der Waals surface area contributed by atoms with E-state index in [0.29, 0.717) is 19.5 Å². The summed E-state index contributed by atoms with van der Waals surface area (Å²) in [5.41, 5.74) is 5.24. The van der Waals surface area contributed by atoms with Gasteiger partial charge < -0.3 is 25.8 Å². The van der Waals surface area contributed by atoms with Crippen molar-refractivity contribution in [2.45, 2.75) is 32.4 Å². The van der Waals surface area contributed by atoms with Gasteiger partial charge in [0.15, 0.2) is 0 Å². The van der Waals surface area contributed by atoms with Crippen LogP contribution in [0.25, 0.3) is 0 Å². The molecule has 1 heterocycles. The summed E-state index contributed by atoms with van der Waals surface area (Å²) in [5.74, 6) is -0.0989. The summed E-state index contributed by atoms with van der Waals surface area (Å²) < 4.78 is 4.79. The van der Waals surface area contributed by atoms with Crippen LogP contribution in [0.5, 0.6) is 0 Å². The molecule has 0 spiro atoms. The number of aliphatic hydroxyl groups is 1. The quantitative estimate of drug-likeness (QED) is 0.657. The van der Waals surface area contributed by atoms with Gasteiger partial charge in [-0.1, -0.05) is 0 Å². The lowest BCUT2D eigenvalue weighted by atomic mass is 9.90. The molecule has 0 aromatic heterocycles. The van der Waals surface area contributed by atoms with E-state index in [1.54, 1.807) is 13.8 Å². The molecule has 1 saturated heterocycles. The summed E-state index contributed by atoms with van der Waals surface area (Å²) in [6, 6.07) is -0.791. The Hall–Kier alpha value is -1.50. The van der Waals surface area contributed by atoms with E-state index in [0.717, 1.165) is 0 Å². The van der Waals surface area contributed by atoms with Crippen LogP contribution in [0.3, 0.4) is 0 Å². The summed E-state index contributed by atoms with van der Waals surface area (Å²) in [6.07, 6.45) is -0.475. The molecule has 0 bridgehead atoms. The number of urea groups is 1. The number of piperidine rings is 1. The average molecular weight is 259 g/mol. The molecule has 7 heteroatoms. The molecular formula is C11H21N3O4. The maximum atomic E-state index is 11.3. The monoisotopic (exact) mass is 259 g/mol. The van der Waals surface area contributed by atoms with Crippen molar-refractivity contribution >= 4 is 12.1 Å². The van der Waals surface area contributed by atoms with Crippen LogP contribution >= 0.6 is 0 Å². The number of ether oxygens (including phenoxy) is 1. The van der Waals surface area contributed by atoms with Crippen molar-refractivity contribution in [3.63, 3.8) is 0 Å². The third kappa shape index (κ3) is 4.06. The molecule has 7 nitrogen and oxygen atoms in total. The Bertz CT molecular complexity index is 309. The number of rotatable bonds is 3. The van der Waals surface area contributed by atoms with Gasteiger partial charge in [0.1, 0.15) is 0 Å². The van der Waals surface area contributed by atoms with E-state index in [9.17, 15) is 14.7 Å². The molecular weight excluding hydrogens is 238 g/mol. The van der Waals surface area contributed by atoms with E-state index in [4.69, 9.17) is 10.5 Å². The molecule has 18 heavy (non-hydrogen) atoms. The van der Waals surface area contributed by atoms with E-state index in [1.165, 1.54) is 4.90 Å². The zero-order valence-corrected chi connectivity index (χ0v) is 10.8. The zero-order chi connectivity index (χ0) is 13.7. The maximum Gasteiger partial charge on any atom is 0.407 e. The molecule has 0 aromatic rings. The Morgan fingerprint density at radius 2 is 2.22 bits per heavy atom. The van der Waals surface area contributed by atoms with Crippen LogP contribution in [0.15, 0.2) is 0 Å². The Kier molecular flexibility index (Phi) is 5.21. The van der Waals surface area contributed by atoms with Crippen LogP contribution in [0.1, 0.15) is 20.3 Å². The summed E-state index contributed by atoms with van der Waals surface area (Å²) >= 11 is 0. The van der Waals surface area contributed by atoms with Gasteiger partial charge in [0, 0.05) is 19.0 Å². The lowest BCUT2D eigenvalue weighted by Crippen LogP contribution is -2.55. The van der Waals surface area contributed by atoms with Gasteiger partial charge in [-0.25, -0.2) is 9.59 Å². The van der Waals surface area contributed by atoms with E-state index < -0.39 is 18.2 Å². The third-order valence-electron chi connectivity index (χ3n) is 3.07. The van der Waals surface area contributed by atoms with E-state index in [1.807, 2.05) is 0 Å². The molecule has 1 aliphatic rings. The van der Waals surface area contributed by atoms with Crippen LogP contribution in [0, 0.1) is 5.92 Å². The first kappa shape index (κ1) is 14.6. The van der Waals surface area contributed by atoms with Crippen LogP contribution < -0.4 is 11.1 Å². The highest BCUT2D eigenvalue weighted by molar-refractivity contribution is 5.72. The van der Waals surface area contributed by atoms with Crippen LogP contribution in [-0.4, -0.2) is 54.0 Å². The second-order valence-corrected chi connectivity index (χ2v) is 4.54. The molecule has 0 radical (unpaired) electrons. The summed E-state index contributed by atoms with van der Waals surface area (Å²) in [7, 11) is 0. The van der Waals surface area contributed by atoms with Gasteiger partial charge >= 0.3 is 12.1 Å². The van der Waals surface area contributed by atoms with Gasteiger partial charge in [-0.2, -0.15) is 0 Å². The fraction of sp³-hybridized carbons (Fsp3) is 0.818. The number of alkyl carbamates (subject to hydrolysis) is 1. The van der Waals surface area contributed by atoms with Crippen molar-refractivity contribution in [2.24, 2.45) is 11.7 Å². The molecule has 1 fully saturated rings. The number of likely N-dealkylation sites (tertiary alicyclic amines) is 1. The standard InChI is InChI=1S/C11H21N3O4/c1-3-18-11(17)13-9-4-8(7(2)15)5-14(6-9)10(12)16/h7-9,15H,3-6H2,1-2H3,(H2,12,16)(H,13,17). The van der Waals surface area contributed by atoms with Crippen molar-refractivity contribution in [1.82, 2.24) is 10.2 Å². The number of nitrogens with zero attached hydrogens (tertiary/aromatic N) is 1. The number of hydrogen-bond acceptors (Lipinski definition) is 4. The van der Waals surface area contributed by atoms with Crippen LogP contribution in [0.2, 0.25) is 0 Å². The molecule has 4 N–H and O–H groups in total. The molecule has 1 aliphatic heterocycles. The first-order valence-corrected chi connectivity index (χ1v) is 6.09. The van der Waals surface area contributed by atoms with Crippen molar-refractivity contribution in [1.29, 1.82) is 0 Å².